The van der Waals surface area contributed by atoms with E-state index < -0.39 is 55.0 Å². The molecule has 14 nitrogen and oxygen atoms in total. The van der Waals surface area contributed by atoms with E-state index in [0.29, 0.717) is 12.8 Å². The van der Waals surface area contributed by atoms with Gasteiger partial charge < -0.3 is 30.9 Å². The SMILES string of the molecule is CC(C)CC(NC(=O)C(Cc1ccccc1)NC(=O)c1cnccn1)OB(O)C(CC(C)C)NC(=O)C(Cc1ccccc1)NC(=O)c1cnccn1. The van der Waals surface area contributed by atoms with Gasteiger partial charge in [-0.15, -0.1) is 0 Å². The highest BCUT2D eigenvalue weighted by Crippen LogP contribution is 2.15. The van der Waals surface area contributed by atoms with Crippen LogP contribution in [-0.2, 0) is 27.1 Å². The summed E-state index contributed by atoms with van der Waals surface area (Å²) in [6.07, 6.45) is 8.24. The van der Waals surface area contributed by atoms with Crippen molar-refractivity contribution in [2.45, 2.75) is 77.6 Å². The summed E-state index contributed by atoms with van der Waals surface area (Å²) >= 11 is 0. The second-order valence-electron chi connectivity index (χ2n) is 13.5. The zero-order valence-electron chi connectivity index (χ0n) is 30.4. The smallest absolute Gasteiger partial charge is 0.426 e. The van der Waals surface area contributed by atoms with Gasteiger partial charge in [0.2, 0.25) is 11.8 Å². The van der Waals surface area contributed by atoms with Gasteiger partial charge in [-0.3, -0.25) is 29.1 Å². The van der Waals surface area contributed by atoms with E-state index in [2.05, 4.69) is 41.2 Å². The lowest BCUT2D eigenvalue weighted by Gasteiger charge is -2.30. The number of carbonyl (C=O) groups is 4. The molecule has 15 heteroatoms. The van der Waals surface area contributed by atoms with Gasteiger partial charge in [0.15, 0.2) is 0 Å². The van der Waals surface area contributed by atoms with Gasteiger partial charge in [0, 0.05) is 37.6 Å². The topological polar surface area (TPSA) is 197 Å². The molecular weight excluding hydrogens is 675 g/mol. The number of hydrogen-bond acceptors (Lipinski definition) is 10. The van der Waals surface area contributed by atoms with E-state index in [1.165, 1.54) is 37.2 Å². The van der Waals surface area contributed by atoms with Crippen LogP contribution in [0.5, 0.6) is 0 Å². The molecular formula is C38H47BN8O6. The Hall–Kier alpha value is -5.54. The Labute approximate surface area is 310 Å². The second-order valence-corrected chi connectivity index (χ2v) is 13.5. The number of hydrogen-bond donors (Lipinski definition) is 5. The molecule has 5 N–H and O–H groups in total. The van der Waals surface area contributed by atoms with Crippen molar-refractivity contribution in [2.75, 3.05) is 0 Å². The number of benzene rings is 2. The first-order valence-electron chi connectivity index (χ1n) is 17.6. The van der Waals surface area contributed by atoms with Gasteiger partial charge in [0.1, 0.15) is 29.7 Å². The van der Waals surface area contributed by atoms with Gasteiger partial charge in [0.05, 0.1) is 18.3 Å². The normalized spacial score (nSPS) is 13.3. The van der Waals surface area contributed by atoms with Crippen LogP contribution in [0.2, 0.25) is 0 Å². The number of nitrogens with one attached hydrogen (secondary N) is 4. The van der Waals surface area contributed by atoms with E-state index in [1.807, 2.05) is 88.4 Å². The van der Waals surface area contributed by atoms with E-state index in [1.54, 1.807) is 0 Å². The molecule has 0 aliphatic rings. The van der Waals surface area contributed by atoms with E-state index in [-0.39, 0.29) is 36.1 Å². The van der Waals surface area contributed by atoms with Crippen LogP contribution < -0.4 is 21.3 Å². The summed E-state index contributed by atoms with van der Waals surface area (Å²) in [5, 5.41) is 22.8. The zero-order valence-corrected chi connectivity index (χ0v) is 30.4. The average molecular weight is 723 g/mol. The molecule has 4 aromatic rings. The average Bonchev–Trinajstić information content (AvgIpc) is 3.15. The van der Waals surface area contributed by atoms with Gasteiger partial charge in [-0.05, 0) is 35.8 Å². The molecule has 4 rings (SSSR count). The van der Waals surface area contributed by atoms with E-state index in [4.69, 9.17) is 4.65 Å². The molecule has 2 aromatic heterocycles. The fraction of sp³-hybridized carbons (Fsp3) is 0.368. The first-order chi connectivity index (χ1) is 25.5. The fourth-order valence-corrected chi connectivity index (χ4v) is 5.55. The molecule has 2 heterocycles. The van der Waals surface area contributed by atoms with Gasteiger partial charge >= 0.3 is 7.12 Å². The Morgan fingerprint density at radius 3 is 1.51 bits per heavy atom. The molecule has 53 heavy (non-hydrogen) atoms. The largest absolute Gasteiger partial charge is 0.479 e. The maximum atomic E-state index is 13.9. The molecule has 4 atom stereocenters. The standard InChI is InChI=1S/C38H47BN8O6/c1-25(2)19-33(46-35(48)29(21-27-11-7-5-8-12-27)44-37(50)31-23-40-15-17-42-31)39(52)53-34(20-26(3)4)47-36(49)30(22-28-13-9-6-10-14-28)45-38(51)32-24-41-16-18-43-32/h5-18,23-26,29-30,33-34,52H,19-22H2,1-4H3,(H,44,50)(H,45,51)(H,46,48)(H,47,49). The summed E-state index contributed by atoms with van der Waals surface area (Å²) in [6, 6.07) is 16.4. The van der Waals surface area contributed by atoms with Crippen LogP contribution in [0.4, 0.5) is 0 Å². The summed E-state index contributed by atoms with van der Waals surface area (Å²) < 4.78 is 6.10. The Balaban J connectivity index is 1.52. The summed E-state index contributed by atoms with van der Waals surface area (Å²) in [6.45, 7) is 7.75. The van der Waals surface area contributed by atoms with Crippen LogP contribution in [0, 0.1) is 11.8 Å². The molecule has 2 aromatic carbocycles. The van der Waals surface area contributed by atoms with Crippen molar-refractivity contribution in [1.82, 2.24) is 41.2 Å². The number of aromatic nitrogens is 4. The lowest BCUT2D eigenvalue weighted by atomic mass is 9.74. The number of amides is 4. The highest BCUT2D eigenvalue weighted by molar-refractivity contribution is 6.45. The molecule has 0 spiro atoms. The lowest BCUT2D eigenvalue weighted by Crippen LogP contribution is -2.58. The molecule has 0 saturated heterocycles. The van der Waals surface area contributed by atoms with E-state index in [9.17, 15) is 24.2 Å². The minimum atomic E-state index is -1.56. The maximum Gasteiger partial charge on any atom is 0.479 e. The maximum absolute atomic E-state index is 13.9. The third kappa shape index (κ3) is 13.5. The summed E-state index contributed by atoms with van der Waals surface area (Å²) in [4.78, 5) is 69.9. The Bertz CT molecular complexity index is 1740. The lowest BCUT2D eigenvalue weighted by molar-refractivity contribution is -0.126. The van der Waals surface area contributed by atoms with Crippen molar-refractivity contribution in [2.24, 2.45) is 11.8 Å². The molecule has 0 aliphatic heterocycles. The minimum absolute atomic E-state index is 0.0185. The van der Waals surface area contributed by atoms with Crippen LogP contribution >= 0.6 is 0 Å². The number of rotatable bonds is 19. The third-order valence-corrected chi connectivity index (χ3v) is 8.09. The molecule has 0 saturated carbocycles. The van der Waals surface area contributed by atoms with Crippen LogP contribution in [0.1, 0.15) is 72.6 Å². The van der Waals surface area contributed by atoms with Gasteiger partial charge in [-0.25, -0.2) is 9.97 Å². The highest BCUT2D eigenvalue weighted by atomic mass is 16.5. The first kappa shape index (κ1) is 40.2. The Kier molecular flexibility index (Phi) is 15.6. The number of carbonyl (C=O) groups excluding carboxylic acids is 4. The monoisotopic (exact) mass is 722 g/mol. The van der Waals surface area contributed by atoms with E-state index in [0.717, 1.165) is 11.1 Å². The van der Waals surface area contributed by atoms with Crippen molar-refractivity contribution >= 4 is 30.7 Å². The quantitative estimate of drug-likeness (QED) is 0.0709. The Morgan fingerprint density at radius 2 is 1.09 bits per heavy atom. The first-order valence-corrected chi connectivity index (χ1v) is 17.6. The van der Waals surface area contributed by atoms with Gasteiger partial charge in [-0.2, -0.15) is 0 Å². The van der Waals surface area contributed by atoms with Crippen LogP contribution in [0.25, 0.3) is 0 Å². The van der Waals surface area contributed by atoms with Crippen molar-refractivity contribution in [3.8, 4) is 0 Å². The van der Waals surface area contributed by atoms with Gasteiger partial charge in [-0.1, -0.05) is 88.4 Å². The third-order valence-electron chi connectivity index (χ3n) is 8.09. The van der Waals surface area contributed by atoms with Crippen molar-refractivity contribution in [3.63, 3.8) is 0 Å². The Morgan fingerprint density at radius 1 is 0.642 bits per heavy atom. The van der Waals surface area contributed by atoms with Crippen LogP contribution in [0.15, 0.2) is 97.8 Å². The van der Waals surface area contributed by atoms with Gasteiger partial charge in [0.25, 0.3) is 11.8 Å². The highest BCUT2D eigenvalue weighted by Gasteiger charge is 2.35. The van der Waals surface area contributed by atoms with Crippen molar-refractivity contribution in [3.05, 3.63) is 120 Å². The summed E-state index contributed by atoms with van der Waals surface area (Å²) in [5.74, 6) is -3.11. The molecule has 0 fully saturated rings. The fourth-order valence-electron chi connectivity index (χ4n) is 5.55. The van der Waals surface area contributed by atoms with Crippen molar-refractivity contribution < 1.29 is 28.9 Å². The molecule has 4 amide bonds. The van der Waals surface area contributed by atoms with Crippen LogP contribution in [-0.4, -0.2) is 80.0 Å². The molecule has 0 aliphatic carbocycles. The molecule has 0 bridgehead atoms. The summed E-state index contributed by atoms with van der Waals surface area (Å²) in [5.41, 5.74) is 1.71. The zero-order chi connectivity index (χ0) is 38.2. The van der Waals surface area contributed by atoms with Crippen molar-refractivity contribution in [1.29, 1.82) is 0 Å². The molecule has 278 valence electrons. The van der Waals surface area contributed by atoms with Crippen LogP contribution in [0.3, 0.4) is 0 Å². The van der Waals surface area contributed by atoms with E-state index >= 15 is 0 Å². The summed E-state index contributed by atoms with van der Waals surface area (Å²) in [7, 11) is -1.56. The molecule has 0 radical (unpaired) electrons. The minimum Gasteiger partial charge on any atom is -0.426 e. The number of nitrogens with zero attached hydrogens (tertiary/aromatic N) is 4. The predicted molar refractivity (Wildman–Crippen MR) is 199 cm³/mol. The second kappa shape index (κ2) is 20.5. The predicted octanol–water partition coefficient (Wildman–Crippen LogP) is 2.70. The molecule has 4 unspecified atom stereocenters.